The number of hydrogen-bond donors (Lipinski definition) is 1. The molecule has 0 aromatic heterocycles. The minimum absolute atomic E-state index is 0.0329. The SMILES string of the molecule is CCCNC(c1ccc(OC)cc1F)C(CCC)OC. The highest BCUT2D eigenvalue weighted by molar-refractivity contribution is 5.31. The second-order valence-electron chi connectivity index (χ2n) is 4.88. The van der Waals surface area contributed by atoms with Gasteiger partial charge in [0.15, 0.2) is 0 Å². The summed E-state index contributed by atoms with van der Waals surface area (Å²) in [5.41, 5.74) is 0.638. The van der Waals surface area contributed by atoms with Crippen molar-refractivity contribution < 1.29 is 13.9 Å². The van der Waals surface area contributed by atoms with Gasteiger partial charge in [0.2, 0.25) is 0 Å². The van der Waals surface area contributed by atoms with E-state index in [1.807, 2.05) is 0 Å². The van der Waals surface area contributed by atoms with Gasteiger partial charge in [-0.05, 0) is 25.5 Å². The molecule has 0 radical (unpaired) electrons. The van der Waals surface area contributed by atoms with Gasteiger partial charge in [-0.1, -0.05) is 26.3 Å². The Morgan fingerprint density at radius 1 is 1.20 bits per heavy atom. The standard InChI is InChI=1S/C16H26FNO2/c1-5-7-15(20-4)16(18-10-6-2)13-9-8-12(19-3)11-14(13)17/h8-9,11,15-16,18H,5-7,10H2,1-4H3. The molecule has 1 aromatic carbocycles. The second kappa shape index (κ2) is 8.93. The van der Waals surface area contributed by atoms with Gasteiger partial charge >= 0.3 is 0 Å². The maximum absolute atomic E-state index is 14.3. The molecule has 0 aliphatic heterocycles. The van der Waals surface area contributed by atoms with Gasteiger partial charge in [-0.2, -0.15) is 0 Å². The number of rotatable bonds is 9. The third kappa shape index (κ3) is 4.46. The van der Waals surface area contributed by atoms with Crippen LogP contribution in [0.25, 0.3) is 0 Å². The van der Waals surface area contributed by atoms with E-state index in [0.29, 0.717) is 11.3 Å². The first-order chi connectivity index (χ1) is 9.67. The normalized spacial score (nSPS) is 14.1. The Balaban J connectivity index is 3.02. The highest BCUT2D eigenvalue weighted by atomic mass is 19.1. The molecule has 2 atom stereocenters. The Hall–Kier alpha value is -1.13. The van der Waals surface area contributed by atoms with Crippen LogP contribution in [0.5, 0.6) is 5.75 Å². The number of hydrogen-bond acceptors (Lipinski definition) is 3. The zero-order chi connectivity index (χ0) is 15.0. The molecule has 0 saturated heterocycles. The third-order valence-electron chi connectivity index (χ3n) is 3.40. The molecule has 0 spiro atoms. The summed E-state index contributed by atoms with van der Waals surface area (Å²) in [6, 6.07) is 4.86. The molecule has 114 valence electrons. The van der Waals surface area contributed by atoms with E-state index in [4.69, 9.17) is 9.47 Å². The fourth-order valence-corrected chi connectivity index (χ4v) is 2.33. The Morgan fingerprint density at radius 2 is 1.95 bits per heavy atom. The van der Waals surface area contributed by atoms with Crippen LogP contribution in [-0.2, 0) is 4.74 Å². The van der Waals surface area contributed by atoms with Crippen LogP contribution in [0.15, 0.2) is 18.2 Å². The summed E-state index contributed by atoms with van der Waals surface area (Å²) < 4.78 is 24.9. The maximum Gasteiger partial charge on any atom is 0.131 e. The van der Waals surface area contributed by atoms with Crippen molar-refractivity contribution in [2.75, 3.05) is 20.8 Å². The Labute approximate surface area is 121 Å². The summed E-state index contributed by atoms with van der Waals surface area (Å²) in [5, 5.41) is 3.39. The van der Waals surface area contributed by atoms with E-state index >= 15 is 0 Å². The molecule has 1 N–H and O–H groups in total. The van der Waals surface area contributed by atoms with E-state index in [1.165, 1.54) is 13.2 Å². The molecule has 0 bridgehead atoms. The summed E-state index contributed by atoms with van der Waals surface area (Å²) in [6.07, 6.45) is 2.86. The summed E-state index contributed by atoms with van der Waals surface area (Å²) >= 11 is 0. The average molecular weight is 283 g/mol. The predicted molar refractivity (Wildman–Crippen MR) is 79.7 cm³/mol. The van der Waals surface area contributed by atoms with E-state index in [0.717, 1.165) is 25.8 Å². The third-order valence-corrected chi connectivity index (χ3v) is 3.40. The van der Waals surface area contributed by atoms with Crippen molar-refractivity contribution in [3.05, 3.63) is 29.6 Å². The first-order valence-electron chi connectivity index (χ1n) is 7.27. The maximum atomic E-state index is 14.3. The van der Waals surface area contributed by atoms with Gasteiger partial charge in [-0.25, -0.2) is 4.39 Å². The van der Waals surface area contributed by atoms with Gasteiger partial charge in [0.1, 0.15) is 11.6 Å². The zero-order valence-corrected chi connectivity index (χ0v) is 12.9. The van der Waals surface area contributed by atoms with Crippen LogP contribution >= 0.6 is 0 Å². The molecule has 0 aliphatic carbocycles. The lowest BCUT2D eigenvalue weighted by atomic mass is 9.97. The van der Waals surface area contributed by atoms with Crippen LogP contribution < -0.4 is 10.1 Å². The van der Waals surface area contributed by atoms with Gasteiger partial charge in [0.05, 0.1) is 19.3 Å². The van der Waals surface area contributed by atoms with Crippen molar-refractivity contribution in [1.82, 2.24) is 5.32 Å². The van der Waals surface area contributed by atoms with Gasteiger partial charge in [-0.3, -0.25) is 0 Å². The molecular weight excluding hydrogens is 257 g/mol. The van der Waals surface area contributed by atoms with Crippen molar-refractivity contribution in [3.8, 4) is 5.75 Å². The summed E-state index contributed by atoms with van der Waals surface area (Å²) in [6.45, 7) is 5.03. The highest BCUT2D eigenvalue weighted by Gasteiger charge is 2.24. The lowest BCUT2D eigenvalue weighted by Crippen LogP contribution is -2.34. The number of ether oxygens (including phenoxy) is 2. The smallest absolute Gasteiger partial charge is 0.131 e. The molecule has 1 aromatic rings. The molecule has 20 heavy (non-hydrogen) atoms. The fraction of sp³-hybridized carbons (Fsp3) is 0.625. The van der Waals surface area contributed by atoms with Crippen LogP contribution in [0.1, 0.15) is 44.7 Å². The molecule has 0 saturated carbocycles. The molecule has 1 rings (SSSR count). The second-order valence-corrected chi connectivity index (χ2v) is 4.88. The average Bonchev–Trinajstić information content (AvgIpc) is 2.47. The van der Waals surface area contributed by atoms with Crippen molar-refractivity contribution >= 4 is 0 Å². The van der Waals surface area contributed by atoms with Crippen molar-refractivity contribution in [3.63, 3.8) is 0 Å². The summed E-state index contributed by atoms with van der Waals surface area (Å²) in [7, 11) is 3.22. The van der Waals surface area contributed by atoms with Gasteiger partial charge in [0, 0.05) is 18.7 Å². The van der Waals surface area contributed by atoms with Gasteiger partial charge in [0.25, 0.3) is 0 Å². The molecule has 3 nitrogen and oxygen atoms in total. The minimum atomic E-state index is -0.254. The number of halogens is 1. The monoisotopic (exact) mass is 283 g/mol. The largest absolute Gasteiger partial charge is 0.497 e. The first-order valence-corrected chi connectivity index (χ1v) is 7.27. The molecule has 0 heterocycles. The van der Waals surface area contributed by atoms with Crippen molar-refractivity contribution in [2.24, 2.45) is 0 Å². The Kier molecular flexibility index (Phi) is 7.55. The van der Waals surface area contributed by atoms with E-state index in [-0.39, 0.29) is 18.0 Å². The minimum Gasteiger partial charge on any atom is -0.497 e. The van der Waals surface area contributed by atoms with E-state index in [9.17, 15) is 4.39 Å². The van der Waals surface area contributed by atoms with Crippen molar-refractivity contribution in [2.45, 2.75) is 45.3 Å². The van der Waals surface area contributed by atoms with E-state index in [2.05, 4.69) is 19.2 Å². The molecule has 0 amide bonds. The number of benzene rings is 1. The van der Waals surface area contributed by atoms with Gasteiger partial charge in [-0.15, -0.1) is 0 Å². The van der Waals surface area contributed by atoms with Crippen LogP contribution in [0.2, 0.25) is 0 Å². The van der Waals surface area contributed by atoms with Crippen LogP contribution in [0, 0.1) is 5.82 Å². The topological polar surface area (TPSA) is 30.5 Å². The number of methoxy groups -OCH3 is 2. The summed E-state index contributed by atoms with van der Waals surface area (Å²) in [4.78, 5) is 0. The fourth-order valence-electron chi connectivity index (χ4n) is 2.33. The molecular formula is C16H26FNO2. The predicted octanol–water partition coefficient (Wildman–Crippen LogP) is 3.69. The quantitative estimate of drug-likeness (QED) is 0.749. The lowest BCUT2D eigenvalue weighted by molar-refractivity contribution is 0.0594. The van der Waals surface area contributed by atoms with Crippen LogP contribution in [0.3, 0.4) is 0 Å². The Bertz CT molecular complexity index is 398. The van der Waals surface area contributed by atoms with Crippen LogP contribution in [-0.4, -0.2) is 26.9 Å². The Morgan fingerprint density at radius 3 is 2.45 bits per heavy atom. The highest BCUT2D eigenvalue weighted by Crippen LogP contribution is 2.27. The van der Waals surface area contributed by atoms with Gasteiger partial charge < -0.3 is 14.8 Å². The molecule has 4 heteroatoms. The van der Waals surface area contributed by atoms with E-state index in [1.54, 1.807) is 19.2 Å². The van der Waals surface area contributed by atoms with Crippen molar-refractivity contribution in [1.29, 1.82) is 0 Å². The molecule has 0 aliphatic rings. The number of nitrogens with one attached hydrogen (secondary N) is 1. The molecule has 0 fully saturated rings. The van der Waals surface area contributed by atoms with E-state index < -0.39 is 0 Å². The first kappa shape index (κ1) is 16.9. The van der Waals surface area contributed by atoms with Crippen LogP contribution in [0.4, 0.5) is 4.39 Å². The summed E-state index contributed by atoms with van der Waals surface area (Å²) in [5.74, 6) is 0.279. The molecule has 2 unspecified atom stereocenters. The zero-order valence-electron chi connectivity index (χ0n) is 12.9. The lowest BCUT2D eigenvalue weighted by Gasteiger charge is -2.28.